The Morgan fingerprint density at radius 1 is 1.17 bits per heavy atom. The molecule has 0 aliphatic rings. The fourth-order valence-electron chi connectivity index (χ4n) is 2.92. The van der Waals surface area contributed by atoms with Crippen LogP contribution in [0.2, 0.25) is 0 Å². The molecule has 3 N–H and O–H groups in total. The van der Waals surface area contributed by atoms with Crippen LogP contribution >= 0.6 is 0 Å². The summed E-state index contributed by atoms with van der Waals surface area (Å²) in [7, 11) is 0. The van der Waals surface area contributed by atoms with Crippen molar-refractivity contribution in [3.8, 4) is 11.4 Å². The zero-order valence-electron chi connectivity index (χ0n) is 16.7. The van der Waals surface area contributed by atoms with Gasteiger partial charge in [0, 0.05) is 12.1 Å². The molecular weight excluding hydrogens is 393 g/mol. The largest absolute Gasteiger partial charge is 0.416 e. The van der Waals surface area contributed by atoms with Crippen molar-refractivity contribution in [2.75, 3.05) is 6.54 Å². The van der Waals surface area contributed by atoms with Crippen molar-refractivity contribution in [2.24, 2.45) is 4.99 Å². The average Bonchev–Trinajstić information content (AvgIpc) is 3.27. The van der Waals surface area contributed by atoms with Gasteiger partial charge in [0.2, 0.25) is 0 Å². The molecule has 0 saturated carbocycles. The molecule has 0 saturated heterocycles. The molecule has 9 heteroatoms. The Hall–Kier alpha value is -3.36. The molecule has 1 atom stereocenters. The van der Waals surface area contributed by atoms with Gasteiger partial charge in [0.1, 0.15) is 6.33 Å². The normalized spacial score (nSPS) is 13.2. The van der Waals surface area contributed by atoms with E-state index in [1.165, 1.54) is 12.4 Å². The Morgan fingerprint density at radius 2 is 1.97 bits per heavy atom. The topological polar surface area (TPSA) is 78.0 Å². The highest BCUT2D eigenvalue weighted by atomic mass is 19.4. The first-order valence-corrected chi connectivity index (χ1v) is 9.53. The number of guanidine groups is 1. The average molecular weight is 416 g/mol. The molecule has 158 valence electrons. The Balaban J connectivity index is 1.73. The van der Waals surface area contributed by atoms with Gasteiger partial charge in [-0.15, -0.1) is 0 Å². The van der Waals surface area contributed by atoms with Crippen molar-refractivity contribution in [3.05, 3.63) is 71.5 Å². The first kappa shape index (κ1) is 21.4. The first-order chi connectivity index (χ1) is 14.4. The van der Waals surface area contributed by atoms with Crippen LogP contribution in [0.15, 0.2) is 59.9 Å². The number of hydrogen-bond acceptors (Lipinski definition) is 3. The van der Waals surface area contributed by atoms with Gasteiger partial charge in [0.15, 0.2) is 11.8 Å². The van der Waals surface area contributed by atoms with Crippen LogP contribution in [0.1, 0.15) is 36.6 Å². The summed E-state index contributed by atoms with van der Waals surface area (Å²) in [6.07, 6.45) is -2.93. The minimum Gasteiger partial charge on any atom is -0.357 e. The van der Waals surface area contributed by atoms with E-state index in [4.69, 9.17) is 0 Å². The lowest BCUT2D eigenvalue weighted by atomic mass is 10.1. The fourth-order valence-corrected chi connectivity index (χ4v) is 2.92. The van der Waals surface area contributed by atoms with Crippen molar-refractivity contribution in [2.45, 2.75) is 32.6 Å². The number of aliphatic imine (C=N–C) groups is 1. The standard InChI is InChI=1S/C21H23F3N6/c1-3-25-20(29-14(2)16-7-5-9-18(11-16)21(22,23)24)26-12-15-6-4-8-17(10-15)19-27-13-28-30-19/h4-11,13-14H,3,12H2,1-2H3,(H2,25,26,29)(H,27,28,30). The van der Waals surface area contributed by atoms with E-state index in [0.29, 0.717) is 30.4 Å². The highest BCUT2D eigenvalue weighted by Gasteiger charge is 2.30. The van der Waals surface area contributed by atoms with E-state index >= 15 is 0 Å². The van der Waals surface area contributed by atoms with Gasteiger partial charge in [-0.3, -0.25) is 5.10 Å². The second-order valence-electron chi connectivity index (χ2n) is 6.72. The SMILES string of the molecule is CCNC(=NCc1cccc(-c2ncn[nH]2)c1)NC(C)c1cccc(C(F)(F)F)c1. The maximum Gasteiger partial charge on any atom is 0.416 e. The fraction of sp³-hybridized carbons (Fsp3) is 0.286. The van der Waals surface area contributed by atoms with Crippen molar-refractivity contribution in [1.29, 1.82) is 0 Å². The van der Waals surface area contributed by atoms with Crippen LogP contribution in [0, 0.1) is 0 Å². The van der Waals surface area contributed by atoms with E-state index in [0.717, 1.165) is 23.3 Å². The van der Waals surface area contributed by atoms with Crippen molar-refractivity contribution in [3.63, 3.8) is 0 Å². The third-order valence-corrected chi connectivity index (χ3v) is 4.45. The quantitative estimate of drug-likeness (QED) is 0.413. The lowest BCUT2D eigenvalue weighted by Gasteiger charge is -2.19. The summed E-state index contributed by atoms with van der Waals surface area (Å²) < 4.78 is 39.0. The lowest BCUT2D eigenvalue weighted by molar-refractivity contribution is -0.137. The zero-order chi connectivity index (χ0) is 21.6. The molecule has 30 heavy (non-hydrogen) atoms. The number of benzene rings is 2. The highest BCUT2D eigenvalue weighted by molar-refractivity contribution is 5.80. The summed E-state index contributed by atoms with van der Waals surface area (Å²) >= 11 is 0. The van der Waals surface area contributed by atoms with Gasteiger partial charge in [0.05, 0.1) is 18.2 Å². The number of rotatable bonds is 6. The smallest absolute Gasteiger partial charge is 0.357 e. The van der Waals surface area contributed by atoms with E-state index in [1.54, 1.807) is 13.0 Å². The third kappa shape index (κ3) is 5.59. The predicted molar refractivity (Wildman–Crippen MR) is 110 cm³/mol. The van der Waals surface area contributed by atoms with Crippen LogP contribution in [0.4, 0.5) is 13.2 Å². The maximum absolute atomic E-state index is 13.0. The van der Waals surface area contributed by atoms with E-state index in [2.05, 4.69) is 30.8 Å². The van der Waals surface area contributed by atoms with E-state index in [1.807, 2.05) is 31.2 Å². The molecule has 0 bridgehead atoms. The molecule has 1 unspecified atom stereocenters. The van der Waals surface area contributed by atoms with Gasteiger partial charge in [-0.25, -0.2) is 9.98 Å². The third-order valence-electron chi connectivity index (χ3n) is 4.45. The second kappa shape index (κ2) is 9.43. The monoisotopic (exact) mass is 416 g/mol. The summed E-state index contributed by atoms with van der Waals surface area (Å²) in [6.45, 7) is 4.75. The summed E-state index contributed by atoms with van der Waals surface area (Å²) in [5.41, 5.74) is 1.73. The molecule has 3 aromatic rings. The molecule has 0 aliphatic carbocycles. The highest BCUT2D eigenvalue weighted by Crippen LogP contribution is 2.30. The number of aromatic nitrogens is 3. The molecule has 0 spiro atoms. The summed E-state index contributed by atoms with van der Waals surface area (Å²) in [5.74, 6) is 1.19. The van der Waals surface area contributed by atoms with Crippen LogP contribution in [-0.2, 0) is 12.7 Å². The number of nitrogens with zero attached hydrogens (tertiary/aromatic N) is 3. The Morgan fingerprint density at radius 3 is 2.67 bits per heavy atom. The molecule has 1 aromatic heterocycles. The number of hydrogen-bond donors (Lipinski definition) is 3. The molecule has 6 nitrogen and oxygen atoms in total. The Kier molecular flexibility index (Phi) is 6.71. The maximum atomic E-state index is 13.0. The molecular formula is C21H23F3N6. The number of nitrogens with one attached hydrogen (secondary N) is 3. The molecule has 0 aliphatic heterocycles. The zero-order valence-corrected chi connectivity index (χ0v) is 16.7. The second-order valence-corrected chi connectivity index (χ2v) is 6.72. The summed E-state index contributed by atoms with van der Waals surface area (Å²) in [6, 6.07) is 12.7. The van der Waals surface area contributed by atoms with Gasteiger partial charge in [-0.1, -0.05) is 30.3 Å². The van der Waals surface area contributed by atoms with Crippen molar-refractivity contribution < 1.29 is 13.2 Å². The molecule has 1 heterocycles. The van der Waals surface area contributed by atoms with Crippen molar-refractivity contribution in [1.82, 2.24) is 25.8 Å². The van der Waals surface area contributed by atoms with Crippen molar-refractivity contribution >= 4 is 5.96 Å². The molecule has 0 radical (unpaired) electrons. The minimum atomic E-state index is -4.37. The molecule has 3 rings (SSSR count). The van der Waals surface area contributed by atoms with Gasteiger partial charge in [-0.2, -0.15) is 18.3 Å². The number of aromatic amines is 1. The predicted octanol–water partition coefficient (Wildman–Crippen LogP) is 4.31. The molecule has 2 aromatic carbocycles. The van der Waals surface area contributed by atoms with Crippen LogP contribution in [0.3, 0.4) is 0 Å². The van der Waals surface area contributed by atoms with Crippen LogP contribution < -0.4 is 10.6 Å². The minimum absolute atomic E-state index is 0.356. The molecule has 0 amide bonds. The molecule has 0 fully saturated rings. The van der Waals surface area contributed by atoms with Crippen LogP contribution in [0.5, 0.6) is 0 Å². The summed E-state index contributed by atoms with van der Waals surface area (Å²) in [5, 5.41) is 13.0. The first-order valence-electron chi connectivity index (χ1n) is 9.53. The Labute approximate surface area is 172 Å². The van der Waals surface area contributed by atoms with Gasteiger partial charge >= 0.3 is 6.18 Å². The van der Waals surface area contributed by atoms with E-state index in [9.17, 15) is 13.2 Å². The van der Waals surface area contributed by atoms with Crippen LogP contribution in [-0.4, -0.2) is 27.7 Å². The number of alkyl halides is 3. The van der Waals surface area contributed by atoms with Gasteiger partial charge < -0.3 is 10.6 Å². The van der Waals surface area contributed by atoms with Crippen LogP contribution in [0.25, 0.3) is 11.4 Å². The lowest BCUT2D eigenvalue weighted by Crippen LogP contribution is -2.38. The Bertz CT molecular complexity index is 982. The number of halogens is 3. The summed E-state index contributed by atoms with van der Waals surface area (Å²) in [4.78, 5) is 8.71. The number of H-pyrrole nitrogens is 1. The van der Waals surface area contributed by atoms with Gasteiger partial charge in [0.25, 0.3) is 0 Å². The van der Waals surface area contributed by atoms with Gasteiger partial charge in [-0.05, 0) is 43.2 Å². The van der Waals surface area contributed by atoms with E-state index < -0.39 is 11.7 Å². The van der Waals surface area contributed by atoms with E-state index in [-0.39, 0.29) is 6.04 Å².